The van der Waals surface area contributed by atoms with Crippen molar-refractivity contribution in [2.45, 2.75) is 25.2 Å². The molecule has 0 saturated carbocycles. The Morgan fingerprint density at radius 2 is 2.05 bits per heavy atom. The zero-order chi connectivity index (χ0) is 15.7. The molecular weight excluding hydrogens is 342 g/mol. The van der Waals surface area contributed by atoms with Crippen LogP contribution in [0.5, 0.6) is 0 Å². The van der Waals surface area contributed by atoms with Gasteiger partial charge >= 0.3 is 0 Å². The van der Waals surface area contributed by atoms with E-state index in [0.717, 1.165) is 47.5 Å². The zero-order valence-electron chi connectivity index (χ0n) is 12.8. The normalized spacial score (nSPS) is 17.3. The van der Waals surface area contributed by atoms with Gasteiger partial charge in [0, 0.05) is 30.0 Å². The van der Waals surface area contributed by atoms with Crippen LogP contribution in [-0.4, -0.2) is 27.9 Å². The number of nitriles is 1. The van der Waals surface area contributed by atoms with Crippen molar-refractivity contribution in [2.75, 3.05) is 18.0 Å². The minimum atomic E-state index is 0.0375. The minimum Gasteiger partial charge on any atom is -0.369 e. The molecule has 3 rings (SSSR count). The maximum Gasteiger partial charge on any atom is 0.138 e. The third-order valence-electron chi connectivity index (χ3n) is 4.54. The van der Waals surface area contributed by atoms with E-state index in [-0.39, 0.29) is 5.41 Å². The number of para-hydroxylation sites is 1. The molecule has 0 bridgehead atoms. The molecule has 0 spiro atoms. The van der Waals surface area contributed by atoms with Crippen LogP contribution in [0.25, 0.3) is 0 Å². The summed E-state index contributed by atoms with van der Waals surface area (Å²) in [5, 5.41) is 17.6. The van der Waals surface area contributed by atoms with Gasteiger partial charge < -0.3 is 9.47 Å². The van der Waals surface area contributed by atoms with Gasteiger partial charge in [0.25, 0.3) is 0 Å². The second-order valence-corrected chi connectivity index (χ2v) is 6.92. The first-order valence-electron chi connectivity index (χ1n) is 7.33. The Morgan fingerprint density at radius 1 is 1.32 bits per heavy atom. The summed E-state index contributed by atoms with van der Waals surface area (Å²) in [5.74, 6) is 1.04. The maximum absolute atomic E-state index is 9.34. The molecule has 1 aliphatic heterocycles. The van der Waals surface area contributed by atoms with Crippen LogP contribution in [-0.2, 0) is 12.5 Å². The number of hydrogen-bond acceptors (Lipinski definition) is 4. The lowest BCUT2D eigenvalue weighted by atomic mass is 9.79. The number of piperidine rings is 1. The molecule has 2 aromatic rings. The molecule has 0 radical (unpaired) electrons. The number of anilines is 1. The van der Waals surface area contributed by atoms with Crippen LogP contribution in [0.1, 0.15) is 31.2 Å². The van der Waals surface area contributed by atoms with E-state index in [9.17, 15) is 5.26 Å². The fourth-order valence-corrected chi connectivity index (χ4v) is 3.82. The lowest BCUT2D eigenvalue weighted by Gasteiger charge is -2.40. The topological polar surface area (TPSA) is 57.7 Å². The molecule has 1 saturated heterocycles. The lowest BCUT2D eigenvalue weighted by molar-refractivity contribution is 0.335. The Balaban J connectivity index is 1.84. The number of hydrogen-bond donors (Lipinski definition) is 0. The summed E-state index contributed by atoms with van der Waals surface area (Å²) >= 11 is 3.58. The first kappa shape index (κ1) is 15.0. The molecule has 0 aliphatic carbocycles. The highest BCUT2D eigenvalue weighted by molar-refractivity contribution is 9.10. The van der Waals surface area contributed by atoms with Gasteiger partial charge in [-0.3, -0.25) is 0 Å². The predicted molar refractivity (Wildman–Crippen MR) is 88.7 cm³/mol. The summed E-state index contributed by atoms with van der Waals surface area (Å²) in [4.78, 5) is 2.29. The van der Waals surface area contributed by atoms with Crippen LogP contribution in [0.3, 0.4) is 0 Å². The van der Waals surface area contributed by atoms with Crippen molar-refractivity contribution in [1.82, 2.24) is 14.8 Å². The Labute approximate surface area is 138 Å². The summed E-state index contributed by atoms with van der Waals surface area (Å²) in [6.07, 6.45) is 3.74. The van der Waals surface area contributed by atoms with Gasteiger partial charge in [0.05, 0.1) is 11.3 Å². The average molecular weight is 360 g/mol. The molecule has 5 nitrogen and oxygen atoms in total. The monoisotopic (exact) mass is 359 g/mol. The quantitative estimate of drug-likeness (QED) is 0.826. The molecule has 1 aliphatic rings. The molecule has 0 atom stereocenters. The predicted octanol–water partition coefficient (Wildman–Crippen LogP) is 3.01. The Kier molecular flexibility index (Phi) is 3.92. The van der Waals surface area contributed by atoms with Gasteiger partial charge in [-0.25, -0.2) is 0 Å². The highest BCUT2D eigenvalue weighted by Gasteiger charge is 2.36. The van der Waals surface area contributed by atoms with E-state index in [1.165, 1.54) is 0 Å². The van der Waals surface area contributed by atoms with Crippen molar-refractivity contribution < 1.29 is 0 Å². The summed E-state index contributed by atoms with van der Waals surface area (Å²) in [7, 11) is 1.99. The molecule has 0 amide bonds. The Bertz CT molecular complexity index is 722. The average Bonchev–Trinajstić information content (AvgIpc) is 2.95. The molecule has 1 aromatic heterocycles. The molecular formula is C16H18BrN5. The molecule has 1 aromatic carbocycles. The number of nitrogens with zero attached hydrogens (tertiary/aromatic N) is 5. The fraction of sp³-hybridized carbons (Fsp3) is 0.438. The minimum absolute atomic E-state index is 0.0375. The smallest absolute Gasteiger partial charge is 0.138 e. The number of benzene rings is 1. The van der Waals surface area contributed by atoms with Gasteiger partial charge in [0.2, 0.25) is 0 Å². The van der Waals surface area contributed by atoms with E-state index in [1.807, 2.05) is 29.8 Å². The van der Waals surface area contributed by atoms with Crippen molar-refractivity contribution in [1.29, 1.82) is 5.26 Å². The lowest BCUT2D eigenvalue weighted by Crippen LogP contribution is -2.42. The second kappa shape index (κ2) is 5.73. The second-order valence-electron chi connectivity index (χ2n) is 6.06. The molecule has 1 fully saturated rings. The molecule has 2 heterocycles. The van der Waals surface area contributed by atoms with Crippen LogP contribution in [0, 0.1) is 11.3 Å². The fourth-order valence-electron chi connectivity index (χ4n) is 3.20. The van der Waals surface area contributed by atoms with Gasteiger partial charge in [-0.05, 0) is 40.9 Å². The number of rotatable bonds is 2. The van der Waals surface area contributed by atoms with Crippen LogP contribution >= 0.6 is 15.9 Å². The van der Waals surface area contributed by atoms with E-state index in [4.69, 9.17) is 0 Å². The third kappa shape index (κ3) is 2.50. The summed E-state index contributed by atoms with van der Waals surface area (Å²) in [5.41, 5.74) is 1.76. The summed E-state index contributed by atoms with van der Waals surface area (Å²) in [6.45, 7) is 4.06. The molecule has 0 N–H and O–H groups in total. The van der Waals surface area contributed by atoms with E-state index in [2.05, 4.69) is 44.0 Å². The van der Waals surface area contributed by atoms with E-state index in [0.29, 0.717) is 0 Å². The van der Waals surface area contributed by atoms with Crippen LogP contribution in [0.15, 0.2) is 29.0 Å². The molecule has 22 heavy (non-hydrogen) atoms. The van der Waals surface area contributed by atoms with Gasteiger partial charge in [0.15, 0.2) is 0 Å². The largest absolute Gasteiger partial charge is 0.369 e. The first-order valence-corrected chi connectivity index (χ1v) is 8.12. The Morgan fingerprint density at radius 3 is 2.64 bits per heavy atom. The van der Waals surface area contributed by atoms with E-state index in [1.54, 1.807) is 6.33 Å². The molecule has 6 heteroatoms. The molecule has 0 unspecified atom stereocenters. The van der Waals surface area contributed by atoms with Crippen molar-refractivity contribution in [2.24, 2.45) is 7.05 Å². The number of halogens is 1. The van der Waals surface area contributed by atoms with Crippen molar-refractivity contribution in [3.8, 4) is 6.07 Å². The third-order valence-corrected chi connectivity index (χ3v) is 5.18. The Hall–Kier alpha value is -1.87. The zero-order valence-corrected chi connectivity index (χ0v) is 14.3. The van der Waals surface area contributed by atoms with Crippen molar-refractivity contribution >= 4 is 21.6 Å². The van der Waals surface area contributed by atoms with Crippen molar-refractivity contribution in [3.63, 3.8) is 0 Å². The van der Waals surface area contributed by atoms with E-state index >= 15 is 0 Å². The summed E-state index contributed by atoms with van der Waals surface area (Å²) < 4.78 is 2.99. The standard InChI is InChI=1S/C16H18BrN5/c1-16(15-20-19-11-21(15)2)6-8-22(9-7-16)14-12(10-18)4-3-5-13(14)17/h3-5,11H,6-9H2,1-2H3. The van der Waals surface area contributed by atoms with Gasteiger partial charge in [-0.15, -0.1) is 10.2 Å². The number of aryl methyl sites for hydroxylation is 1. The van der Waals surface area contributed by atoms with E-state index < -0.39 is 0 Å². The summed E-state index contributed by atoms with van der Waals surface area (Å²) in [6, 6.07) is 8.06. The number of aromatic nitrogens is 3. The maximum atomic E-state index is 9.34. The van der Waals surface area contributed by atoms with Gasteiger partial charge in [-0.1, -0.05) is 13.0 Å². The van der Waals surface area contributed by atoms with Crippen LogP contribution in [0.4, 0.5) is 5.69 Å². The first-order chi connectivity index (χ1) is 10.5. The van der Waals surface area contributed by atoms with Gasteiger partial charge in [-0.2, -0.15) is 5.26 Å². The SMILES string of the molecule is Cn1cnnc1C1(C)CCN(c2c(Br)cccc2C#N)CC1. The van der Waals surface area contributed by atoms with Crippen LogP contribution in [0.2, 0.25) is 0 Å². The molecule has 114 valence electrons. The van der Waals surface area contributed by atoms with Crippen LogP contribution < -0.4 is 4.90 Å². The van der Waals surface area contributed by atoms with Gasteiger partial charge in [0.1, 0.15) is 18.2 Å². The highest BCUT2D eigenvalue weighted by atomic mass is 79.9. The highest BCUT2D eigenvalue weighted by Crippen LogP contribution is 2.38. The van der Waals surface area contributed by atoms with Crippen molar-refractivity contribution in [3.05, 3.63) is 40.4 Å².